The molecule has 1 aromatic heterocycles. The molecular weight excluding hydrogens is 269 g/mol. The lowest BCUT2D eigenvalue weighted by atomic mass is 10.2. The van der Waals surface area contributed by atoms with Gasteiger partial charge in [0.2, 0.25) is 0 Å². The van der Waals surface area contributed by atoms with Crippen LogP contribution in [0.5, 0.6) is 0 Å². The fourth-order valence-electron chi connectivity index (χ4n) is 1.66. The van der Waals surface area contributed by atoms with Gasteiger partial charge >= 0.3 is 6.18 Å². The highest BCUT2D eigenvalue weighted by Gasteiger charge is 2.28. The molecule has 1 atom stereocenters. The highest BCUT2D eigenvalue weighted by atomic mass is 19.4. The van der Waals surface area contributed by atoms with Crippen LogP contribution in [0.1, 0.15) is 11.6 Å². The Balaban J connectivity index is 2.13. The predicted molar refractivity (Wildman–Crippen MR) is 66.0 cm³/mol. The predicted octanol–water partition coefficient (Wildman–Crippen LogP) is 2.59. The summed E-state index contributed by atoms with van der Waals surface area (Å²) in [5.41, 5.74) is 1.16. The Bertz CT molecular complexity index is 598. The van der Waals surface area contributed by atoms with Crippen molar-refractivity contribution < 1.29 is 13.2 Å². The van der Waals surface area contributed by atoms with E-state index in [4.69, 9.17) is 5.26 Å². The third kappa shape index (κ3) is 3.59. The van der Waals surface area contributed by atoms with E-state index in [9.17, 15) is 13.2 Å². The molecule has 20 heavy (non-hydrogen) atoms. The molecule has 2 aromatic rings. The molecule has 0 fully saturated rings. The molecule has 104 valence electrons. The summed E-state index contributed by atoms with van der Waals surface area (Å²) in [4.78, 5) is 0. The number of hydrogen-bond donors (Lipinski definition) is 1. The molecule has 0 amide bonds. The van der Waals surface area contributed by atoms with Crippen molar-refractivity contribution in [1.82, 2.24) is 15.1 Å². The molecule has 0 aliphatic heterocycles. The molecular formula is C13H11F3N4. The Morgan fingerprint density at radius 2 is 2.00 bits per heavy atom. The minimum Gasteiger partial charge on any atom is -0.290 e. The van der Waals surface area contributed by atoms with Crippen molar-refractivity contribution in [2.75, 3.05) is 6.54 Å². The largest absolute Gasteiger partial charge is 0.401 e. The molecule has 0 bridgehead atoms. The zero-order chi connectivity index (χ0) is 14.6. The van der Waals surface area contributed by atoms with E-state index in [1.807, 2.05) is 18.2 Å². The quantitative estimate of drug-likeness (QED) is 0.936. The standard InChI is InChI=1S/C13H11F3N4/c14-13(15,16)9-18-12(6-17)10-7-19-20(8-10)11-4-2-1-3-5-11/h1-5,7-8,12,18H,9H2. The van der Waals surface area contributed by atoms with Crippen LogP contribution in [0.2, 0.25) is 0 Å². The summed E-state index contributed by atoms with van der Waals surface area (Å²) in [5, 5.41) is 15.1. The maximum Gasteiger partial charge on any atom is 0.401 e. The van der Waals surface area contributed by atoms with Crippen molar-refractivity contribution in [3.8, 4) is 11.8 Å². The van der Waals surface area contributed by atoms with Gasteiger partial charge in [0.1, 0.15) is 6.04 Å². The number of nitriles is 1. The van der Waals surface area contributed by atoms with Gasteiger partial charge in [0.15, 0.2) is 0 Å². The number of nitrogens with one attached hydrogen (secondary N) is 1. The van der Waals surface area contributed by atoms with Gasteiger partial charge in [-0.05, 0) is 12.1 Å². The van der Waals surface area contributed by atoms with Crippen LogP contribution in [0, 0.1) is 11.3 Å². The van der Waals surface area contributed by atoms with Crippen molar-refractivity contribution in [3.05, 3.63) is 48.3 Å². The van der Waals surface area contributed by atoms with Crippen molar-refractivity contribution in [1.29, 1.82) is 5.26 Å². The van der Waals surface area contributed by atoms with Gasteiger partial charge in [-0.25, -0.2) is 4.68 Å². The maximum atomic E-state index is 12.1. The Morgan fingerprint density at radius 1 is 1.30 bits per heavy atom. The van der Waals surface area contributed by atoms with Crippen LogP contribution in [-0.4, -0.2) is 22.5 Å². The van der Waals surface area contributed by atoms with E-state index < -0.39 is 18.8 Å². The van der Waals surface area contributed by atoms with E-state index in [1.54, 1.807) is 18.2 Å². The lowest BCUT2D eigenvalue weighted by molar-refractivity contribution is -0.125. The Labute approximate surface area is 113 Å². The summed E-state index contributed by atoms with van der Waals surface area (Å²) in [7, 11) is 0. The number of benzene rings is 1. The number of aromatic nitrogens is 2. The van der Waals surface area contributed by atoms with E-state index in [-0.39, 0.29) is 0 Å². The van der Waals surface area contributed by atoms with Gasteiger partial charge < -0.3 is 0 Å². The summed E-state index contributed by atoms with van der Waals surface area (Å²) < 4.78 is 37.9. The molecule has 0 aliphatic rings. The van der Waals surface area contributed by atoms with Gasteiger partial charge in [-0.1, -0.05) is 18.2 Å². The Hall–Kier alpha value is -2.33. The summed E-state index contributed by atoms with van der Waals surface area (Å²) in [6.07, 6.45) is -1.44. The van der Waals surface area contributed by atoms with Gasteiger partial charge in [0.25, 0.3) is 0 Å². The fraction of sp³-hybridized carbons (Fsp3) is 0.231. The smallest absolute Gasteiger partial charge is 0.290 e. The minimum absolute atomic E-state index is 0.389. The Kier molecular flexibility index (Phi) is 4.05. The Morgan fingerprint density at radius 3 is 2.60 bits per heavy atom. The van der Waals surface area contributed by atoms with E-state index >= 15 is 0 Å². The SMILES string of the molecule is N#CC(NCC(F)(F)F)c1cnn(-c2ccccc2)c1. The highest BCUT2D eigenvalue weighted by Crippen LogP contribution is 2.18. The fourth-order valence-corrected chi connectivity index (χ4v) is 1.66. The van der Waals surface area contributed by atoms with E-state index in [2.05, 4.69) is 10.4 Å². The zero-order valence-electron chi connectivity index (χ0n) is 10.3. The summed E-state index contributed by atoms with van der Waals surface area (Å²) in [5.74, 6) is 0. The van der Waals surface area contributed by atoms with Crippen LogP contribution in [0.3, 0.4) is 0 Å². The van der Waals surface area contributed by atoms with Crippen molar-refractivity contribution >= 4 is 0 Å². The average Bonchev–Trinajstić information content (AvgIpc) is 2.89. The highest BCUT2D eigenvalue weighted by molar-refractivity contribution is 5.32. The second-order valence-electron chi connectivity index (χ2n) is 4.11. The minimum atomic E-state index is -4.36. The van der Waals surface area contributed by atoms with Crippen LogP contribution in [0.25, 0.3) is 5.69 Å². The lowest BCUT2D eigenvalue weighted by Crippen LogP contribution is -2.31. The molecule has 1 N–H and O–H groups in total. The van der Waals surface area contributed by atoms with Crippen molar-refractivity contribution in [2.24, 2.45) is 0 Å². The maximum absolute atomic E-state index is 12.1. The number of nitrogens with zero attached hydrogens (tertiary/aromatic N) is 3. The van der Waals surface area contributed by atoms with Crippen molar-refractivity contribution in [2.45, 2.75) is 12.2 Å². The van der Waals surface area contributed by atoms with Gasteiger partial charge in [0.05, 0.1) is 24.5 Å². The number of halogens is 3. The van der Waals surface area contributed by atoms with Gasteiger partial charge in [-0.15, -0.1) is 0 Å². The monoisotopic (exact) mass is 280 g/mol. The molecule has 1 unspecified atom stereocenters. The summed E-state index contributed by atoms with van der Waals surface area (Å²) >= 11 is 0. The molecule has 0 spiro atoms. The second kappa shape index (κ2) is 5.75. The molecule has 0 aliphatic carbocycles. The summed E-state index contributed by atoms with van der Waals surface area (Å²) in [6.45, 7) is -1.22. The average molecular weight is 280 g/mol. The first kappa shape index (κ1) is 14.1. The zero-order valence-corrected chi connectivity index (χ0v) is 10.3. The molecule has 2 rings (SSSR count). The molecule has 0 radical (unpaired) electrons. The van der Waals surface area contributed by atoms with Gasteiger partial charge in [-0.2, -0.15) is 23.5 Å². The van der Waals surface area contributed by atoms with Crippen molar-refractivity contribution in [3.63, 3.8) is 0 Å². The number of hydrogen-bond acceptors (Lipinski definition) is 3. The molecule has 7 heteroatoms. The van der Waals surface area contributed by atoms with E-state index in [0.717, 1.165) is 5.69 Å². The van der Waals surface area contributed by atoms with Gasteiger partial charge in [0, 0.05) is 11.8 Å². The third-order valence-electron chi connectivity index (χ3n) is 2.59. The molecule has 1 heterocycles. The first-order valence-electron chi connectivity index (χ1n) is 5.79. The van der Waals surface area contributed by atoms with Crippen LogP contribution in [-0.2, 0) is 0 Å². The number of alkyl halides is 3. The normalized spacial score (nSPS) is 12.9. The molecule has 0 saturated heterocycles. The van der Waals surface area contributed by atoms with Crippen LogP contribution in [0.4, 0.5) is 13.2 Å². The molecule has 1 aromatic carbocycles. The number of rotatable bonds is 4. The van der Waals surface area contributed by atoms with Gasteiger partial charge in [-0.3, -0.25) is 5.32 Å². The van der Waals surface area contributed by atoms with E-state index in [0.29, 0.717) is 5.56 Å². The molecule has 0 saturated carbocycles. The first-order chi connectivity index (χ1) is 9.49. The van der Waals surface area contributed by atoms with Crippen LogP contribution >= 0.6 is 0 Å². The lowest BCUT2D eigenvalue weighted by Gasteiger charge is -2.11. The summed E-state index contributed by atoms with van der Waals surface area (Å²) in [6, 6.07) is 9.84. The van der Waals surface area contributed by atoms with E-state index in [1.165, 1.54) is 17.1 Å². The van der Waals surface area contributed by atoms with Crippen LogP contribution in [0.15, 0.2) is 42.7 Å². The topological polar surface area (TPSA) is 53.6 Å². The third-order valence-corrected chi connectivity index (χ3v) is 2.59. The second-order valence-corrected chi connectivity index (χ2v) is 4.11. The number of para-hydroxylation sites is 1. The van der Waals surface area contributed by atoms with Crippen LogP contribution < -0.4 is 5.32 Å². The molecule has 4 nitrogen and oxygen atoms in total. The first-order valence-corrected chi connectivity index (χ1v) is 5.79.